The highest BCUT2D eigenvalue weighted by molar-refractivity contribution is 8.26. The first-order valence-electron chi connectivity index (χ1n) is 9.80. The predicted octanol–water partition coefficient (Wildman–Crippen LogP) is 4.50. The van der Waals surface area contributed by atoms with E-state index in [0.29, 0.717) is 27.9 Å². The maximum absolute atomic E-state index is 12.9. The Morgan fingerprint density at radius 3 is 2.71 bits per heavy atom. The topological polar surface area (TPSA) is 74.6 Å². The molecule has 0 radical (unpaired) electrons. The van der Waals surface area contributed by atoms with E-state index in [2.05, 4.69) is 5.32 Å². The van der Waals surface area contributed by atoms with Gasteiger partial charge in [-0.05, 0) is 42.8 Å². The van der Waals surface area contributed by atoms with Crippen molar-refractivity contribution < 1.29 is 14.7 Å². The Bertz CT molecular complexity index is 1200. The number of hydrogen-bond donors (Lipinski definition) is 2. The molecule has 2 heterocycles. The number of para-hydroxylation sites is 1. The van der Waals surface area contributed by atoms with Gasteiger partial charge in [0.05, 0.1) is 4.91 Å². The number of amides is 2. The molecule has 31 heavy (non-hydrogen) atoms. The van der Waals surface area contributed by atoms with Crippen LogP contribution < -0.4 is 5.32 Å². The van der Waals surface area contributed by atoms with Crippen LogP contribution in [0.2, 0.25) is 0 Å². The molecule has 8 heteroatoms. The first-order valence-corrected chi connectivity index (χ1v) is 11.0. The van der Waals surface area contributed by atoms with Crippen molar-refractivity contribution in [2.24, 2.45) is 7.05 Å². The molecule has 0 atom stereocenters. The number of benzene rings is 2. The second-order valence-electron chi connectivity index (χ2n) is 7.24. The Morgan fingerprint density at radius 1 is 1.19 bits per heavy atom. The van der Waals surface area contributed by atoms with Gasteiger partial charge in [0.2, 0.25) is 5.91 Å². The van der Waals surface area contributed by atoms with Crippen molar-refractivity contribution in [3.63, 3.8) is 0 Å². The van der Waals surface area contributed by atoms with Gasteiger partial charge >= 0.3 is 0 Å². The minimum Gasteiger partial charge on any atom is -0.508 e. The summed E-state index contributed by atoms with van der Waals surface area (Å²) < 4.78 is 2.55. The van der Waals surface area contributed by atoms with Gasteiger partial charge in [0.15, 0.2) is 0 Å². The summed E-state index contributed by atoms with van der Waals surface area (Å²) in [6.45, 7) is 0.389. The summed E-state index contributed by atoms with van der Waals surface area (Å²) in [7, 11) is 1.98. The molecule has 4 rings (SSSR count). The molecule has 2 N–H and O–H groups in total. The van der Waals surface area contributed by atoms with E-state index in [1.165, 1.54) is 23.9 Å². The van der Waals surface area contributed by atoms with E-state index < -0.39 is 0 Å². The third-order valence-corrected chi connectivity index (χ3v) is 6.40. The minimum absolute atomic E-state index is 0.123. The van der Waals surface area contributed by atoms with Gasteiger partial charge in [0.25, 0.3) is 5.91 Å². The number of aromatic nitrogens is 1. The Balaban J connectivity index is 1.37. The summed E-state index contributed by atoms with van der Waals surface area (Å²) >= 11 is 6.70. The number of thiocarbonyl (C=S) groups is 1. The van der Waals surface area contributed by atoms with Gasteiger partial charge in [-0.1, -0.05) is 42.2 Å². The zero-order valence-corrected chi connectivity index (χ0v) is 18.5. The van der Waals surface area contributed by atoms with Crippen LogP contribution in [-0.2, 0) is 16.6 Å². The number of thioether (sulfide) groups is 1. The second kappa shape index (κ2) is 8.95. The molecule has 1 fully saturated rings. The van der Waals surface area contributed by atoms with Crippen LogP contribution >= 0.6 is 24.0 Å². The van der Waals surface area contributed by atoms with Gasteiger partial charge in [-0.25, -0.2) is 0 Å². The summed E-state index contributed by atoms with van der Waals surface area (Å²) in [5.74, 6) is -0.131. The zero-order valence-electron chi connectivity index (χ0n) is 16.9. The minimum atomic E-state index is -0.151. The van der Waals surface area contributed by atoms with Crippen LogP contribution in [0.1, 0.15) is 18.4 Å². The number of phenols is 1. The van der Waals surface area contributed by atoms with E-state index in [9.17, 15) is 14.7 Å². The highest BCUT2D eigenvalue weighted by atomic mass is 32.2. The Hall–Kier alpha value is -3.10. The van der Waals surface area contributed by atoms with Crippen molar-refractivity contribution >= 4 is 62.8 Å². The van der Waals surface area contributed by atoms with E-state index in [1.807, 2.05) is 48.2 Å². The number of fused-ring (bicyclic) bond motifs is 1. The van der Waals surface area contributed by atoms with Gasteiger partial charge in [-0.2, -0.15) is 0 Å². The molecule has 0 saturated carbocycles. The van der Waals surface area contributed by atoms with E-state index in [1.54, 1.807) is 17.0 Å². The van der Waals surface area contributed by atoms with Crippen molar-refractivity contribution in [2.75, 3.05) is 11.9 Å². The van der Waals surface area contributed by atoms with E-state index >= 15 is 0 Å². The van der Waals surface area contributed by atoms with Crippen molar-refractivity contribution in [1.82, 2.24) is 9.47 Å². The summed E-state index contributed by atoms with van der Waals surface area (Å²) in [4.78, 5) is 27.2. The largest absolute Gasteiger partial charge is 0.508 e. The average Bonchev–Trinajstić information content (AvgIpc) is 3.21. The third kappa shape index (κ3) is 4.65. The number of aromatic hydroxyl groups is 1. The van der Waals surface area contributed by atoms with E-state index in [4.69, 9.17) is 12.2 Å². The monoisotopic (exact) mass is 451 g/mol. The van der Waals surface area contributed by atoms with Crippen LogP contribution in [0.5, 0.6) is 5.75 Å². The Morgan fingerprint density at radius 2 is 1.94 bits per heavy atom. The Labute approximate surface area is 189 Å². The number of carbonyl (C=O) groups excluding carboxylic acids is 2. The molecule has 1 aliphatic heterocycles. The molecule has 1 aromatic heterocycles. The second-order valence-corrected chi connectivity index (χ2v) is 8.92. The molecule has 0 aliphatic carbocycles. The number of carbonyl (C=O) groups is 2. The number of rotatable bonds is 6. The maximum Gasteiger partial charge on any atom is 0.266 e. The molecular formula is C23H21N3O3S2. The smallest absolute Gasteiger partial charge is 0.266 e. The summed E-state index contributed by atoms with van der Waals surface area (Å²) in [5, 5.41) is 13.2. The van der Waals surface area contributed by atoms with Crippen molar-refractivity contribution in [1.29, 1.82) is 0 Å². The van der Waals surface area contributed by atoms with Crippen LogP contribution in [0, 0.1) is 0 Å². The van der Waals surface area contributed by atoms with E-state index in [0.717, 1.165) is 16.5 Å². The fourth-order valence-electron chi connectivity index (χ4n) is 3.49. The number of aryl methyl sites for hydroxylation is 1. The van der Waals surface area contributed by atoms with Crippen LogP contribution in [0.4, 0.5) is 5.69 Å². The zero-order chi connectivity index (χ0) is 22.0. The fourth-order valence-corrected chi connectivity index (χ4v) is 4.79. The van der Waals surface area contributed by atoms with E-state index in [-0.39, 0.29) is 24.0 Å². The third-order valence-electron chi connectivity index (χ3n) is 5.02. The highest BCUT2D eigenvalue weighted by Gasteiger charge is 2.31. The molecule has 1 aliphatic rings. The number of phenolic OH excluding ortho intramolecular Hbond substituents is 1. The van der Waals surface area contributed by atoms with Gasteiger partial charge in [0, 0.05) is 48.4 Å². The van der Waals surface area contributed by atoms with Crippen molar-refractivity contribution in [2.45, 2.75) is 12.8 Å². The lowest BCUT2D eigenvalue weighted by molar-refractivity contribution is -0.122. The first kappa shape index (κ1) is 21.1. The van der Waals surface area contributed by atoms with Crippen LogP contribution in [0.25, 0.3) is 17.0 Å². The summed E-state index contributed by atoms with van der Waals surface area (Å²) in [6, 6.07) is 14.3. The maximum atomic E-state index is 12.9. The van der Waals surface area contributed by atoms with Gasteiger partial charge < -0.3 is 15.0 Å². The molecular weight excluding hydrogens is 430 g/mol. The van der Waals surface area contributed by atoms with Gasteiger partial charge in [-0.3, -0.25) is 14.5 Å². The standard InChI is InChI=1S/C23H21N3O3S2/c1-25-14-15(18-5-2-3-6-19(18)25)13-20-22(29)26(23(30)31-20)12-4-7-21(28)24-16-8-10-17(27)11-9-16/h2-3,5-6,8-11,13-14,27H,4,7,12H2,1H3,(H,24,28)/b20-13-. The van der Waals surface area contributed by atoms with Crippen LogP contribution in [0.3, 0.4) is 0 Å². The SMILES string of the molecule is Cn1cc(/C=C2\SC(=S)N(CCCC(=O)Nc3ccc(O)cc3)C2=O)c2ccccc21. The number of hydrogen-bond acceptors (Lipinski definition) is 5. The highest BCUT2D eigenvalue weighted by Crippen LogP contribution is 2.34. The lowest BCUT2D eigenvalue weighted by Crippen LogP contribution is -2.29. The molecule has 3 aromatic rings. The molecule has 0 spiro atoms. The van der Waals surface area contributed by atoms with Crippen molar-refractivity contribution in [3.05, 3.63) is 65.2 Å². The first-order chi connectivity index (χ1) is 14.9. The molecule has 158 valence electrons. The van der Waals surface area contributed by atoms with Gasteiger partial charge in [-0.15, -0.1) is 0 Å². The molecule has 6 nitrogen and oxygen atoms in total. The molecule has 0 bridgehead atoms. The molecule has 2 aromatic carbocycles. The predicted molar refractivity (Wildman–Crippen MR) is 129 cm³/mol. The van der Waals surface area contributed by atoms with Gasteiger partial charge in [0.1, 0.15) is 10.1 Å². The molecule has 0 unspecified atom stereocenters. The normalized spacial score (nSPS) is 15.3. The van der Waals surface area contributed by atoms with Crippen LogP contribution in [-0.4, -0.2) is 37.3 Å². The number of nitrogens with zero attached hydrogens (tertiary/aromatic N) is 2. The average molecular weight is 452 g/mol. The fraction of sp³-hybridized carbons (Fsp3) is 0.174. The lowest BCUT2D eigenvalue weighted by atomic mass is 10.1. The number of nitrogens with one attached hydrogen (secondary N) is 1. The molecule has 2 amide bonds. The van der Waals surface area contributed by atoms with Crippen LogP contribution in [0.15, 0.2) is 59.6 Å². The quantitative estimate of drug-likeness (QED) is 0.328. The van der Waals surface area contributed by atoms with Crippen molar-refractivity contribution in [3.8, 4) is 5.75 Å². The summed E-state index contributed by atoms with van der Waals surface area (Å²) in [5.41, 5.74) is 2.70. The summed E-state index contributed by atoms with van der Waals surface area (Å²) in [6.07, 6.45) is 4.66. The lowest BCUT2D eigenvalue weighted by Gasteiger charge is -2.14. The Kier molecular flexibility index (Phi) is 6.11. The number of anilines is 1. The molecule has 1 saturated heterocycles.